The Kier molecular flexibility index (Phi) is 3.99. The van der Waals surface area contributed by atoms with E-state index in [1.165, 1.54) is 22.2 Å². The van der Waals surface area contributed by atoms with E-state index in [9.17, 15) is 5.11 Å². The van der Waals surface area contributed by atoms with Gasteiger partial charge in [0, 0.05) is 13.1 Å². The van der Waals surface area contributed by atoms with Crippen molar-refractivity contribution in [1.29, 1.82) is 0 Å². The molecule has 0 spiro atoms. The number of ether oxygens (including phenoxy) is 1. The standard InChI is InChI=1S/C17H20N4O2S/c1-11-8-20(9-12(2)23-11)14(13-6-4-3-5-7-13)15-16(22)21-17(24-15)18-10-19-21/h3-7,10-12,14,22H,8-9H2,1-2H3/t11-,12-,14-/m1/s1. The van der Waals surface area contributed by atoms with Crippen LogP contribution < -0.4 is 0 Å². The SMILES string of the molecule is C[C@@H]1CN([C@H](c2ccccc2)c2sc3ncnn3c2O)C[C@@H](C)O1. The second-order valence-electron chi connectivity index (χ2n) is 6.27. The summed E-state index contributed by atoms with van der Waals surface area (Å²) >= 11 is 1.49. The fraction of sp³-hybridized carbons (Fsp3) is 0.412. The minimum atomic E-state index is -0.0338. The van der Waals surface area contributed by atoms with Gasteiger partial charge in [0.25, 0.3) is 0 Å². The van der Waals surface area contributed by atoms with E-state index in [1.54, 1.807) is 0 Å². The van der Waals surface area contributed by atoms with Crippen LogP contribution in [0.3, 0.4) is 0 Å². The van der Waals surface area contributed by atoms with Gasteiger partial charge in [-0.1, -0.05) is 41.7 Å². The summed E-state index contributed by atoms with van der Waals surface area (Å²) in [7, 11) is 0. The second kappa shape index (κ2) is 6.16. The topological polar surface area (TPSA) is 62.9 Å². The van der Waals surface area contributed by atoms with Gasteiger partial charge in [0.2, 0.25) is 10.8 Å². The molecular weight excluding hydrogens is 324 g/mol. The molecule has 24 heavy (non-hydrogen) atoms. The van der Waals surface area contributed by atoms with Crippen LogP contribution in [0.15, 0.2) is 36.7 Å². The van der Waals surface area contributed by atoms with E-state index >= 15 is 0 Å². The number of hydrogen-bond acceptors (Lipinski definition) is 6. The molecule has 3 atom stereocenters. The van der Waals surface area contributed by atoms with Crippen molar-refractivity contribution in [3.05, 3.63) is 47.1 Å². The van der Waals surface area contributed by atoms with Crippen molar-refractivity contribution in [2.45, 2.75) is 32.1 Å². The third kappa shape index (κ3) is 2.68. The minimum Gasteiger partial charge on any atom is -0.492 e. The molecule has 3 heterocycles. The van der Waals surface area contributed by atoms with Gasteiger partial charge < -0.3 is 9.84 Å². The van der Waals surface area contributed by atoms with Crippen molar-refractivity contribution in [1.82, 2.24) is 19.5 Å². The summed E-state index contributed by atoms with van der Waals surface area (Å²) < 4.78 is 7.39. The first kappa shape index (κ1) is 15.6. The van der Waals surface area contributed by atoms with Crippen LogP contribution in [0.4, 0.5) is 0 Å². The molecule has 2 aromatic heterocycles. The molecule has 7 heteroatoms. The molecule has 3 aromatic rings. The van der Waals surface area contributed by atoms with Gasteiger partial charge in [-0.05, 0) is 19.4 Å². The van der Waals surface area contributed by atoms with E-state index < -0.39 is 0 Å². The summed E-state index contributed by atoms with van der Waals surface area (Å²) in [5.41, 5.74) is 1.15. The van der Waals surface area contributed by atoms with E-state index in [2.05, 4.69) is 41.0 Å². The number of morpholine rings is 1. The molecule has 0 amide bonds. The molecule has 1 fully saturated rings. The highest BCUT2D eigenvalue weighted by Crippen LogP contribution is 2.40. The first-order valence-corrected chi connectivity index (χ1v) is 8.91. The Balaban J connectivity index is 1.81. The zero-order chi connectivity index (χ0) is 16.7. The number of nitrogens with zero attached hydrogens (tertiary/aromatic N) is 4. The molecule has 6 nitrogen and oxygen atoms in total. The molecule has 0 radical (unpaired) electrons. The van der Waals surface area contributed by atoms with E-state index in [0.717, 1.165) is 23.5 Å². The monoisotopic (exact) mass is 344 g/mol. The van der Waals surface area contributed by atoms with Crippen LogP contribution in [-0.2, 0) is 4.74 Å². The molecule has 0 bridgehead atoms. The predicted octanol–water partition coefficient (Wildman–Crippen LogP) is 2.70. The molecular formula is C17H20N4O2S. The fourth-order valence-electron chi connectivity index (χ4n) is 3.46. The molecule has 126 valence electrons. The zero-order valence-electron chi connectivity index (χ0n) is 13.7. The second-order valence-corrected chi connectivity index (χ2v) is 7.28. The Hall–Kier alpha value is -1.96. The highest BCUT2D eigenvalue weighted by Gasteiger charge is 2.33. The number of aromatic hydroxyl groups is 1. The van der Waals surface area contributed by atoms with Gasteiger partial charge in [-0.2, -0.15) is 9.61 Å². The van der Waals surface area contributed by atoms with E-state index in [-0.39, 0.29) is 24.1 Å². The number of hydrogen-bond donors (Lipinski definition) is 1. The molecule has 1 N–H and O–H groups in total. The van der Waals surface area contributed by atoms with E-state index in [4.69, 9.17) is 4.74 Å². The zero-order valence-corrected chi connectivity index (χ0v) is 14.5. The van der Waals surface area contributed by atoms with Crippen molar-refractivity contribution < 1.29 is 9.84 Å². The molecule has 0 unspecified atom stereocenters. The van der Waals surface area contributed by atoms with Crippen LogP contribution in [0, 0.1) is 0 Å². The molecule has 4 rings (SSSR count). The summed E-state index contributed by atoms with van der Waals surface area (Å²) in [4.78, 5) is 8.17. The first-order chi connectivity index (χ1) is 11.6. The average Bonchev–Trinajstić information content (AvgIpc) is 3.12. The number of rotatable bonds is 3. The van der Waals surface area contributed by atoms with Gasteiger partial charge in [0.05, 0.1) is 23.1 Å². The summed E-state index contributed by atoms with van der Waals surface area (Å²) in [5, 5.41) is 14.8. The van der Waals surface area contributed by atoms with Gasteiger partial charge in [-0.3, -0.25) is 4.90 Å². The van der Waals surface area contributed by atoms with Crippen LogP contribution in [-0.4, -0.2) is 49.9 Å². The Morgan fingerprint density at radius 1 is 1.21 bits per heavy atom. The van der Waals surface area contributed by atoms with Crippen LogP contribution in [0.1, 0.15) is 30.3 Å². The largest absolute Gasteiger partial charge is 0.492 e. The molecule has 1 saturated heterocycles. The van der Waals surface area contributed by atoms with Crippen molar-refractivity contribution in [2.24, 2.45) is 0 Å². The van der Waals surface area contributed by atoms with Crippen LogP contribution in [0.5, 0.6) is 5.88 Å². The highest BCUT2D eigenvalue weighted by atomic mass is 32.1. The Morgan fingerprint density at radius 3 is 2.58 bits per heavy atom. The summed E-state index contributed by atoms with van der Waals surface area (Å²) in [6.07, 6.45) is 1.78. The lowest BCUT2D eigenvalue weighted by atomic mass is 10.0. The lowest BCUT2D eigenvalue weighted by Gasteiger charge is -2.40. The maximum Gasteiger partial charge on any atom is 0.230 e. The van der Waals surface area contributed by atoms with E-state index in [1.807, 2.05) is 18.2 Å². The third-order valence-corrected chi connectivity index (χ3v) is 5.40. The summed E-state index contributed by atoms with van der Waals surface area (Å²) in [6, 6.07) is 10.2. The molecule has 0 saturated carbocycles. The van der Waals surface area contributed by atoms with Gasteiger partial charge in [0.1, 0.15) is 6.33 Å². The maximum absolute atomic E-state index is 10.7. The maximum atomic E-state index is 10.7. The summed E-state index contributed by atoms with van der Waals surface area (Å²) in [5.74, 6) is 0.174. The quantitative estimate of drug-likeness (QED) is 0.791. The Bertz CT molecular complexity index is 822. The van der Waals surface area contributed by atoms with E-state index in [0.29, 0.717) is 4.96 Å². The molecule has 1 aliphatic rings. The average molecular weight is 344 g/mol. The van der Waals surface area contributed by atoms with Gasteiger partial charge in [0.15, 0.2) is 0 Å². The highest BCUT2D eigenvalue weighted by molar-refractivity contribution is 7.17. The van der Waals surface area contributed by atoms with Gasteiger partial charge in [-0.15, -0.1) is 0 Å². The molecule has 0 aliphatic carbocycles. The Morgan fingerprint density at radius 2 is 1.92 bits per heavy atom. The smallest absolute Gasteiger partial charge is 0.230 e. The Labute approximate surface area is 144 Å². The van der Waals surface area contributed by atoms with Gasteiger partial charge in [-0.25, -0.2) is 4.98 Å². The van der Waals surface area contributed by atoms with Crippen LogP contribution in [0.25, 0.3) is 4.96 Å². The number of benzene rings is 1. The number of fused-ring (bicyclic) bond motifs is 1. The third-order valence-electron chi connectivity index (χ3n) is 4.32. The molecule has 1 aliphatic heterocycles. The van der Waals surface area contributed by atoms with Gasteiger partial charge >= 0.3 is 0 Å². The van der Waals surface area contributed by atoms with Crippen molar-refractivity contribution >= 4 is 16.3 Å². The van der Waals surface area contributed by atoms with Crippen molar-refractivity contribution in [2.75, 3.05) is 13.1 Å². The van der Waals surface area contributed by atoms with Crippen molar-refractivity contribution in [3.63, 3.8) is 0 Å². The normalized spacial score (nSPS) is 23.6. The lowest BCUT2D eigenvalue weighted by Crippen LogP contribution is -2.47. The number of aromatic nitrogens is 3. The van der Waals surface area contributed by atoms with Crippen LogP contribution in [0.2, 0.25) is 0 Å². The summed E-state index contributed by atoms with van der Waals surface area (Å²) in [6.45, 7) is 5.81. The van der Waals surface area contributed by atoms with Crippen LogP contribution >= 0.6 is 11.3 Å². The van der Waals surface area contributed by atoms with Crippen molar-refractivity contribution in [3.8, 4) is 5.88 Å². The fourth-order valence-corrected chi connectivity index (χ4v) is 4.56. The lowest BCUT2D eigenvalue weighted by molar-refractivity contribution is -0.0764. The first-order valence-electron chi connectivity index (χ1n) is 8.09. The minimum absolute atomic E-state index is 0.0338. The predicted molar refractivity (Wildman–Crippen MR) is 92.4 cm³/mol. The number of thiazole rings is 1. The molecule has 1 aromatic carbocycles.